The maximum Gasteiger partial charge on any atom is 0.254 e. The molecule has 2 N–H and O–H groups in total. The zero-order chi connectivity index (χ0) is 29.4. The number of nitrogens with two attached hydrogens (primary N) is 1. The van der Waals surface area contributed by atoms with E-state index in [4.69, 9.17) is 15.5 Å². The molecule has 4 heterocycles. The van der Waals surface area contributed by atoms with Gasteiger partial charge in [-0.15, -0.1) is 0 Å². The van der Waals surface area contributed by atoms with Crippen molar-refractivity contribution in [3.63, 3.8) is 0 Å². The van der Waals surface area contributed by atoms with Crippen molar-refractivity contribution in [1.82, 2.24) is 19.0 Å². The third-order valence-corrected chi connectivity index (χ3v) is 10.6. The summed E-state index contributed by atoms with van der Waals surface area (Å²) in [6, 6.07) is 15.5. The molecular weight excluding hydrogens is 538 g/mol. The normalized spacial score (nSPS) is 23.9. The lowest BCUT2D eigenvalue weighted by molar-refractivity contribution is 0.0700. The highest BCUT2D eigenvalue weighted by Crippen LogP contribution is 2.41. The van der Waals surface area contributed by atoms with Gasteiger partial charge in [0.15, 0.2) is 5.82 Å². The Bertz CT molecular complexity index is 1790. The van der Waals surface area contributed by atoms with Crippen LogP contribution in [0, 0.1) is 29.1 Å². The highest BCUT2D eigenvalue weighted by atomic mass is 16.5. The van der Waals surface area contributed by atoms with Crippen LogP contribution in [0.25, 0.3) is 33.5 Å². The van der Waals surface area contributed by atoms with Gasteiger partial charge in [0, 0.05) is 67.9 Å². The van der Waals surface area contributed by atoms with E-state index >= 15 is 0 Å². The minimum atomic E-state index is 0.0178. The van der Waals surface area contributed by atoms with Crippen molar-refractivity contribution in [1.29, 1.82) is 5.26 Å². The van der Waals surface area contributed by atoms with Gasteiger partial charge >= 0.3 is 0 Å². The van der Waals surface area contributed by atoms with Crippen molar-refractivity contribution >= 4 is 33.5 Å². The second-order valence-electron chi connectivity index (χ2n) is 13.2. The van der Waals surface area contributed by atoms with E-state index in [9.17, 15) is 10.1 Å². The number of fused-ring (bicyclic) bond motifs is 4. The Morgan fingerprint density at radius 1 is 1.09 bits per heavy atom. The summed E-state index contributed by atoms with van der Waals surface area (Å²) >= 11 is 0. The fraction of sp³-hybridized carbons (Fsp3) is 0.500. The van der Waals surface area contributed by atoms with Crippen LogP contribution >= 0.6 is 0 Å². The fourth-order valence-corrected chi connectivity index (χ4v) is 7.91. The standard InChI is InChI=1S/C34H39N7O2/c1-38-32-26(13-24(15-30(32)43-2)34(42)41-19-23-6-8-27(41)31(23)36)37-33(38)29-14-22-5-7-25(39-11-9-20(17-35)10-12-39)16-28(22)40(29)18-21-3-4-21/h5,7,13-16,20-21,23,27,31H,3-4,6,8-12,18-19,36H2,1-2H3/t23?,27?,31-/m1/s1. The van der Waals surface area contributed by atoms with E-state index in [0.717, 1.165) is 74.4 Å². The van der Waals surface area contributed by atoms with E-state index < -0.39 is 0 Å². The van der Waals surface area contributed by atoms with Crippen molar-refractivity contribution < 1.29 is 9.53 Å². The molecular formula is C34H39N7O2. The number of nitrogens with zero attached hydrogens (tertiary/aromatic N) is 6. The molecule has 4 aliphatic rings. The smallest absolute Gasteiger partial charge is 0.254 e. The molecule has 9 nitrogen and oxygen atoms in total. The van der Waals surface area contributed by atoms with Gasteiger partial charge < -0.3 is 29.4 Å². The predicted molar refractivity (Wildman–Crippen MR) is 167 cm³/mol. The molecule has 8 rings (SSSR count). The van der Waals surface area contributed by atoms with Crippen LogP contribution in [0.3, 0.4) is 0 Å². The molecule has 43 heavy (non-hydrogen) atoms. The third-order valence-electron chi connectivity index (χ3n) is 10.6. The molecule has 1 amide bonds. The van der Waals surface area contributed by atoms with Crippen molar-refractivity contribution in [2.24, 2.45) is 30.5 Å². The van der Waals surface area contributed by atoms with Crippen molar-refractivity contribution in [2.45, 2.75) is 57.2 Å². The number of amides is 1. The Hall–Kier alpha value is -4.03. The molecule has 2 aromatic heterocycles. The number of aryl methyl sites for hydroxylation is 1. The maximum atomic E-state index is 13.7. The average Bonchev–Trinajstić information content (AvgIpc) is 3.44. The van der Waals surface area contributed by atoms with Gasteiger partial charge in [0.25, 0.3) is 5.91 Å². The largest absolute Gasteiger partial charge is 0.494 e. The quantitative estimate of drug-likeness (QED) is 0.349. The van der Waals surface area contributed by atoms with Crippen LogP contribution in [0.1, 0.15) is 48.9 Å². The van der Waals surface area contributed by atoms with Gasteiger partial charge in [-0.1, -0.05) is 6.07 Å². The number of benzene rings is 2. The van der Waals surface area contributed by atoms with Crippen LogP contribution in [-0.4, -0.2) is 63.8 Å². The Morgan fingerprint density at radius 2 is 1.91 bits per heavy atom. The van der Waals surface area contributed by atoms with Gasteiger partial charge in [0.1, 0.15) is 11.3 Å². The van der Waals surface area contributed by atoms with Gasteiger partial charge in [0.2, 0.25) is 0 Å². The van der Waals surface area contributed by atoms with Gasteiger partial charge in [-0.3, -0.25) is 4.79 Å². The highest BCUT2D eigenvalue weighted by Gasteiger charge is 2.47. The topological polar surface area (TPSA) is 105 Å². The molecule has 4 fully saturated rings. The molecule has 2 saturated carbocycles. The minimum absolute atomic E-state index is 0.0178. The summed E-state index contributed by atoms with van der Waals surface area (Å²) in [4.78, 5) is 23.3. The Morgan fingerprint density at radius 3 is 2.58 bits per heavy atom. The van der Waals surface area contributed by atoms with Gasteiger partial charge in [-0.2, -0.15) is 5.26 Å². The number of aromatic nitrogens is 3. The first-order valence-electron chi connectivity index (χ1n) is 15.8. The van der Waals surface area contributed by atoms with Crippen molar-refractivity contribution in [3.8, 4) is 23.3 Å². The molecule has 2 unspecified atom stereocenters. The third kappa shape index (κ3) is 4.29. The van der Waals surface area contributed by atoms with E-state index in [1.54, 1.807) is 7.11 Å². The summed E-state index contributed by atoms with van der Waals surface area (Å²) in [5.41, 5.74) is 12.2. The van der Waals surface area contributed by atoms with Gasteiger partial charge in [-0.05, 0) is 80.7 Å². The lowest BCUT2D eigenvalue weighted by Crippen LogP contribution is -2.41. The monoisotopic (exact) mass is 577 g/mol. The summed E-state index contributed by atoms with van der Waals surface area (Å²) in [7, 11) is 3.70. The SMILES string of the molecule is COc1cc(C(=O)N2CC3CCC2[C@@H]3N)cc2nc(-c3cc4ccc(N5CCC(C#N)CC5)cc4n3CC3CC3)n(C)c12. The van der Waals surface area contributed by atoms with Crippen molar-refractivity contribution in [2.75, 3.05) is 31.6 Å². The summed E-state index contributed by atoms with van der Waals surface area (Å²) in [6.07, 6.45) is 6.43. The molecule has 4 aromatic rings. The lowest BCUT2D eigenvalue weighted by Gasteiger charge is -2.31. The number of carbonyl (C=O) groups excluding carboxylic acids is 1. The first-order chi connectivity index (χ1) is 20.9. The molecule has 2 aliphatic carbocycles. The number of likely N-dealkylation sites (tertiary alicyclic amines) is 1. The van der Waals surface area contributed by atoms with Crippen LogP contribution in [0.5, 0.6) is 5.75 Å². The van der Waals surface area contributed by atoms with E-state index in [1.807, 2.05) is 24.1 Å². The first-order valence-corrected chi connectivity index (χ1v) is 15.8. The Labute approximate surface area is 251 Å². The fourth-order valence-electron chi connectivity index (χ4n) is 7.91. The number of rotatable bonds is 6. The predicted octanol–water partition coefficient (Wildman–Crippen LogP) is 4.92. The zero-order valence-electron chi connectivity index (χ0n) is 25.0. The minimum Gasteiger partial charge on any atom is -0.494 e. The Balaban J connectivity index is 1.20. The van der Waals surface area contributed by atoms with Crippen LogP contribution in [0.15, 0.2) is 36.4 Å². The molecule has 0 radical (unpaired) electrons. The molecule has 2 bridgehead atoms. The summed E-state index contributed by atoms with van der Waals surface area (Å²) in [5.74, 6) is 2.79. The second kappa shape index (κ2) is 10.0. The zero-order valence-corrected chi connectivity index (χ0v) is 25.0. The molecule has 9 heteroatoms. The highest BCUT2D eigenvalue weighted by molar-refractivity contribution is 6.00. The molecule has 222 valence electrons. The average molecular weight is 578 g/mol. The number of nitriles is 1. The first kappa shape index (κ1) is 26.6. The number of methoxy groups -OCH3 is 1. The second-order valence-corrected chi connectivity index (χ2v) is 13.2. The number of piperidine rings is 2. The molecule has 2 saturated heterocycles. The number of ether oxygens (including phenoxy) is 1. The summed E-state index contributed by atoms with van der Waals surface area (Å²) in [6.45, 7) is 3.52. The summed E-state index contributed by atoms with van der Waals surface area (Å²) < 4.78 is 10.4. The van der Waals surface area contributed by atoms with E-state index in [2.05, 4.69) is 44.4 Å². The Kier molecular flexibility index (Phi) is 6.19. The van der Waals surface area contributed by atoms with Crippen molar-refractivity contribution in [3.05, 3.63) is 42.0 Å². The van der Waals surface area contributed by atoms with Crippen LogP contribution < -0.4 is 15.4 Å². The van der Waals surface area contributed by atoms with E-state index in [-0.39, 0.29) is 23.9 Å². The van der Waals surface area contributed by atoms with E-state index in [0.29, 0.717) is 23.1 Å². The van der Waals surface area contributed by atoms with Crippen LogP contribution in [0.4, 0.5) is 5.69 Å². The van der Waals surface area contributed by atoms with Gasteiger partial charge in [0.05, 0.1) is 29.9 Å². The van der Waals surface area contributed by atoms with Crippen LogP contribution in [-0.2, 0) is 13.6 Å². The lowest BCUT2D eigenvalue weighted by atomic mass is 9.98. The molecule has 0 spiro atoms. The molecule has 3 atom stereocenters. The number of hydrogen-bond acceptors (Lipinski definition) is 6. The van der Waals surface area contributed by atoms with Crippen LogP contribution in [0.2, 0.25) is 0 Å². The number of anilines is 1. The maximum absolute atomic E-state index is 13.7. The van der Waals surface area contributed by atoms with E-state index in [1.165, 1.54) is 29.4 Å². The number of imidazole rings is 1. The number of hydrogen-bond donors (Lipinski definition) is 1. The summed E-state index contributed by atoms with van der Waals surface area (Å²) in [5, 5.41) is 10.5. The molecule has 2 aromatic carbocycles. The van der Waals surface area contributed by atoms with Gasteiger partial charge in [-0.25, -0.2) is 4.98 Å². The molecule has 2 aliphatic heterocycles. The number of carbonyl (C=O) groups is 1.